The van der Waals surface area contributed by atoms with Crippen molar-refractivity contribution in [1.29, 1.82) is 0 Å². The molecule has 118 valence electrons. The fraction of sp³-hybridized carbons (Fsp3) is 0.533. The number of hydrogen-bond acceptors (Lipinski definition) is 3. The summed E-state index contributed by atoms with van der Waals surface area (Å²) >= 11 is 0. The number of carboxylic acid groups (broad SMARTS) is 1. The Bertz CT molecular complexity index is 542. The SMILES string of the molecule is CCCC[C@H](NS(=O)(=O)CC(C)c1ccccc1)C(=O)O. The predicted octanol–water partition coefficient (Wildman–Crippen LogP) is 2.35. The van der Waals surface area contributed by atoms with Crippen molar-refractivity contribution in [1.82, 2.24) is 4.72 Å². The summed E-state index contributed by atoms with van der Waals surface area (Å²) in [6.07, 6.45) is 1.81. The first-order valence-corrected chi connectivity index (χ1v) is 8.78. The molecular weight excluding hydrogens is 290 g/mol. The fourth-order valence-corrected chi connectivity index (χ4v) is 3.71. The van der Waals surface area contributed by atoms with Gasteiger partial charge in [-0.1, -0.05) is 57.0 Å². The topological polar surface area (TPSA) is 83.5 Å². The van der Waals surface area contributed by atoms with Gasteiger partial charge in [0, 0.05) is 0 Å². The van der Waals surface area contributed by atoms with Crippen LogP contribution in [0.25, 0.3) is 0 Å². The second-order valence-electron chi connectivity index (χ2n) is 5.24. The maximum Gasteiger partial charge on any atom is 0.321 e. The summed E-state index contributed by atoms with van der Waals surface area (Å²) < 4.78 is 26.5. The van der Waals surface area contributed by atoms with Crippen molar-refractivity contribution in [3.05, 3.63) is 35.9 Å². The summed E-state index contributed by atoms with van der Waals surface area (Å²) in [6, 6.07) is 8.27. The van der Waals surface area contributed by atoms with E-state index in [9.17, 15) is 13.2 Å². The lowest BCUT2D eigenvalue weighted by molar-refractivity contribution is -0.139. The number of aliphatic carboxylic acids is 1. The quantitative estimate of drug-likeness (QED) is 0.733. The van der Waals surface area contributed by atoms with E-state index in [0.29, 0.717) is 12.8 Å². The van der Waals surface area contributed by atoms with Gasteiger partial charge in [0.05, 0.1) is 5.75 Å². The lowest BCUT2D eigenvalue weighted by Crippen LogP contribution is -2.42. The van der Waals surface area contributed by atoms with E-state index in [4.69, 9.17) is 5.11 Å². The third-order valence-corrected chi connectivity index (χ3v) is 4.89. The molecule has 0 aliphatic heterocycles. The van der Waals surface area contributed by atoms with E-state index in [2.05, 4.69) is 4.72 Å². The average molecular weight is 313 g/mol. The van der Waals surface area contributed by atoms with Crippen LogP contribution in [-0.4, -0.2) is 31.3 Å². The van der Waals surface area contributed by atoms with Crippen LogP contribution in [0.1, 0.15) is 44.6 Å². The monoisotopic (exact) mass is 313 g/mol. The van der Waals surface area contributed by atoms with Crippen LogP contribution in [0.4, 0.5) is 0 Å². The maximum absolute atomic E-state index is 12.1. The highest BCUT2D eigenvalue weighted by Crippen LogP contribution is 2.16. The molecule has 0 aromatic heterocycles. The Morgan fingerprint density at radius 3 is 2.43 bits per heavy atom. The number of unbranched alkanes of at least 4 members (excludes halogenated alkanes) is 1. The van der Waals surface area contributed by atoms with E-state index in [0.717, 1.165) is 12.0 Å². The van der Waals surface area contributed by atoms with Crippen LogP contribution < -0.4 is 4.72 Å². The number of nitrogens with one attached hydrogen (secondary N) is 1. The van der Waals surface area contributed by atoms with Gasteiger partial charge in [-0.25, -0.2) is 13.1 Å². The van der Waals surface area contributed by atoms with Crippen molar-refractivity contribution in [3.63, 3.8) is 0 Å². The Balaban J connectivity index is 2.69. The van der Waals surface area contributed by atoms with Crippen molar-refractivity contribution in [2.24, 2.45) is 0 Å². The van der Waals surface area contributed by atoms with Crippen molar-refractivity contribution in [3.8, 4) is 0 Å². The van der Waals surface area contributed by atoms with Crippen LogP contribution in [0, 0.1) is 0 Å². The summed E-state index contributed by atoms with van der Waals surface area (Å²) in [5.74, 6) is -1.43. The van der Waals surface area contributed by atoms with E-state index >= 15 is 0 Å². The molecule has 2 N–H and O–H groups in total. The maximum atomic E-state index is 12.1. The van der Waals surface area contributed by atoms with E-state index in [-0.39, 0.29) is 11.7 Å². The van der Waals surface area contributed by atoms with Gasteiger partial charge in [-0.05, 0) is 17.9 Å². The molecule has 1 unspecified atom stereocenters. The van der Waals surface area contributed by atoms with Gasteiger partial charge in [0.1, 0.15) is 6.04 Å². The van der Waals surface area contributed by atoms with E-state index in [1.807, 2.05) is 44.2 Å². The molecule has 0 aliphatic carbocycles. The first kappa shape index (κ1) is 17.7. The van der Waals surface area contributed by atoms with Gasteiger partial charge in [0.2, 0.25) is 10.0 Å². The molecule has 0 heterocycles. The van der Waals surface area contributed by atoms with Gasteiger partial charge in [-0.2, -0.15) is 0 Å². The van der Waals surface area contributed by atoms with Crippen molar-refractivity contribution in [2.45, 2.75) is 45.1 Å². The lowest BCUT2D eigenvalue weighted by Gasteiger charge is -2.17. The zero-order chi connectivity index (χ0) is 15.9. The molecule has 0 amide bonds. The third kappa shape index (κ3) is 6.27. The number of sulfonamides is 1. The summed E-state index contributed by atoms with van der Waals surface area (Å²) in [7, 11) is -3.63. The van der Waals surface area contributed by atoms with Gasteiger partial charge in [-0.3, -0.25) is 4.79 Å². The Morgan fingerprint density at radius 2 is 1.90 bits per heavy atom. The number of benzene rings is 1. The van der Waals surface area contributed by atoms with Crippen LogP contribution in [0.2, 0.25) is 0 Å². The van der Waals surface area contributed by atoms with Crippen LogP contribution in [0.5, 0.6) is 0 Å². The molecule has 5 nitrogen and oxygen atoms in total. The first-order chi connectivity index (χ1) is 9.85. The summed E-state index contributed by atoms with van der Waals surface area (Å²) in [5.41, 5.74) is 0.920. The van der Waals surface area contributed by atoms with Crippen LogP contribution in [0.15, 0.2) is 30.3 Å². The van der Waals surface area contributed by atoms with Crippen molar-refractivity contribution in [2.75, 3.05) is 5.75 Å². The minimum atomic E-state index is -3.63. The molecule has 0 aliphatic rings. The van der Waals surface area contributed by atoms with E-state index in [1.54, 1.807) is 0 Å². The second kappa shape index (κ2) is 8.14. The highest BCUT2D eigenvalue weighted by molar-refractivity contribution is 7.89. The van der Waals surface area contributed by atoms with Gasteiger partial charge in [0.25, 0.3) is 0 Å². The summed E-state index contributed by atoms with van der Waals surface area (Å²) in [4.78, 5) is 11.1. The van der Waals surface area contributed by atoms with Crippen LogP contribution in [0.3, 0.4) is 0 Å². The van der Waals surface area contributed by atoms with Gasteiger partial charge < -0.3 is 5.11 Å². The molecule has 1 aromatic carbocycles. The molecule has 0 fully saturated rings. The molecule has 6 heteroatoms. The van der Waals surface area contributed by atoms with Gasteiger partial charge in [-0.15, -0.1) is 0 Å². The fourth-order valence-electron chi connectivity index (χ4n) is 2.11. The third-order valence-electron chi connectivity index (χ3n) is 3.30. The molecule has 0 saturated heterocycles. The molecule has 0 spiro atoms. The van der Waals surface area contributed by atoms with Crippen LogP contribution >= 0.6 is 0 Å². The summed E-state index contributed by atoms with van der Waals surface area (Å²) in [6.45, 7) is 3.75. The molecule has 21 heavy (non-hydrogen) atoms. The first-order valence-electron chi connectivity index (χ1n) is 7.13. The van der Waals surface area contributed by atoms with Gasteiger partial charge >= 0.3 is 5.97 Å². The number of rotatable bonds is 9. The molecular formula is C15H23NO4S. The van der Waals surface area contributed by atoms with Crippen molar-refractivity contribution < 1.29 is 18.3 Å². The van der Waals surface area contributed by atoms with Crippen molar-refractivity contribution >= 4 is 16.0 Å². The van der Waals surface area contributed by atoms with Gasteiger partial charge in [0.15, 0.2) is 0 Å². The molecule has 0 radical (unpaired) electrons. The Kier molecular flexibility index (Phi) is 6.84. The van der Waals surface area contributed by atoms with E-state index < -0.39 is 22.0 Å². The Morgan fingerprint density at radius 1 is 1.29 bits per heavy atom. The summed E-state index contributed by atoms with van der Waals surface area (Å²) in [5, 5.41) is 9.09. The molecule has 1 rings (SSSR count). The van der Waals surface area contributed by atoms with E-state index in [1.165, 1.54) is 0 Å². The number of carbonyl (C=O) groups is 1. The molecule has 1 aromatic rings. The largest absolute Gasteiger partial charge is 0.480 e. The smallest absolute Gasteiger partial charge is 0.321 e. The zero-order valence-electron chi connectivity index (χ0n) is 12.5. The molecule has 0 bridgehead atoms. The number of hydrogen-bond donors (Lipinski definition) is 2. The van der Waals surface area contributed by atoms with Crippen LogP contribution in [-0.2, 0) is 14.8 Å². The minimum absolute atomic E-state index is 0.118. The Labute approximate surface area is 126 Å². The normalized spacial score (nSPS) is 14.6. The predicted molar refractivity (Wildman–Crippen MR) is 82.7 cm³/mol. The highest BCUT2D eigenvalue weighted by atomic mass is 32.2. The zero-order valence-corrected chi connectivity index (χ0v) is 13.3. The minimum Gasteiger partial charge on any atom is -0.480 e. The average Bonchev–Trinajstić information content (AvgIpc) is 2.43. The highest BCUT2D eigenvalue weighted by Gasteiger charge is 2.25. The molecule has 2 atom stereocenters. The second-order valence-corrected chi connectivity index (χ2v) is 7.04. The standard InChI is InChI=1S/C15H23NO4S/c1-3-4-10-14(15(17)18)16-21(19,20)11-12(2)13-8-6-5-7-9-13/h5-9,12,14,16H,3-4,10-11H2,1-2H3,(H,17,18)/t12?,14-/m0/s1. The lowest BCUT2D eigenvalue weighted by atomic mass is 10.0. The Hall–Kier alpha value is -1.40. The number of carboxylic acids is 1. The molecule has 0 saturated carbocycles.